The van der Waals surface area contributed by atoms with Gasteiger partial charge in [-0.3, -0.25) is 0 Å². The van der Waals surface area contributed by atoms with E-state index in [9.17, 15) is 0 Å². The van der Waals surface area contributed by atoms with Gasteiger partial charge in [-0.15, -0.1) is 0 Å². The fourth-order valence-corrected chi connectivity index (χ4v) is 29.4. The van der Waals surface area contributed by atoms with Gasteiger partial charge in [-0.05, 0) is 163 Å². The smallest absolute Gasteiger partial charge is 0.315 e. The van der Waals surface area contributed by atoms with Crippen molar-refractivity contribution in [3.05, 3.63) is 0 Å². The zero-order valence-electron chi connectivity index (χ0n) is 32.6. The molecular weight excluding hydrogens is 693 g/mol. The first-order chi connectivity index (χ1) is 24.0. The van der Waals surface area contributed by atoms with E-state index in [1.807, 2.05) is 0 Å². The lowest BCUT2D eigenvalue weighted by molar-refractivity contribution is 0.285. The highest BCUT2D eigenvalue weighted by Crippen LogP contribution is 2.49. The van der Waals surface area contributed by atoms with Crippen molar-refractivity contribution in [1.29, 1.82) is 0 Å². The minimum atomic E-state index is -2.59. The van der Waals surface area contributed by atoms with Gasteiger partial charge in [-0.2, -0.15) is 0 Å². The highest BCUT2D eigenvalue weighted by Gasteiger charge is 2.53. The molecule has 4 aliphatic heterocycles. The van der Waals surface area contributed by atoms with Crippen LogP contribution in [-0.4, -0.2) is 84.8 Å². The average molecular weight is 765 g/mol. The molecule has 0 N–H and O–H groups in total. The Morgan fingerprint density at radius 3 is 1.32 bits per heavy atom. The molecule has 15 unspecified atom stereocenters. The normalized spacial score (nSPS) is 44.0. The molecule has 7 nitrogen and oxygen atoms in total. The van der Waals surface area contributed by atoms with Crippen LogP contribution in [-0.2, 0) is 31.3 Å². The van der Waals surface area contributed by atoms with Crippen molar-refractivity contribution in [3.63, 3.8) is 0 Å². The molecule has 0 amide bonds. The molecule has 0 radical (unpaired) electrons. The number of hydrogen-bond acceptors (Lipinski definition) is 7. The number of epoxide rings is 4. The van der Waals surface area contributed by atoms with Crippen molar-refractivity contribution in [2.24, 2.45) is 29.6 Å². The van der Waals surface area contributed by atoms with Gasteiger partial charge in [0.15, 0.2) is 8.32 Å². The summed E-state index contributed by atoms with van der Waals surface area (Å²) >= 11 is 0. The molecule has 8 aliphatic rings. The van der Waals surface area contributed by atoms with Crippen LogP contribution in [0.2, 0.25) is 43.3 Å². The second-order valence-corrected chi connectivity index (χ2v) is 32.3. The first kappa shape index (κ1) is 37.5. The van der Waals surface area contributed by atoms with Crippen LogP contribution < -0.4 is 0 Å². The number of fused-ring (bicyclic) bond motifs is 4. The van der Waals surface area contributed by atoms with Gasteiger partial charge in [0.1, 0.15) is 10.5 Å². The third-order valence-electron chi connectivity index (χ3n) is 15.3. The van der Waals surface area contributed by atoms with Gasteiger partial charge in [-0.25, -0.2) is 0 Å². The largest absolute Gasteiger partial charge is 0.445 e. The van der Waals surface area contributed by atoms with Crippen molar-refractivity contribution < 1.29 is 31.3 Å². The monoisotopic (exact) mass is 764 g/mol. The molecule has 0 bridgehead atoms. The maximum atomic E-state index is 8.11. The second-order valence-electron chi connectivity index (χ2n) is 19.6. The average Bonchev–Trinajstić information content (AvgIpc) is 3.92. The van der Waals surface area contributed by atoms with Gasteiger partial charge in [0.05, 0.1) is 48.8 Å². The van der Waals surface area contributed by atoms with E-state index < -0.39 is 25.4 Å². The highest BCUT2D eigenvalue weighted by molar-refractivity contribution is 6.88. The summed E-state index contributed by atoms with van der Waals surface area (Å²) in [6.07, 6.45) is 26.3. The molecule has 0 aromatic rings. The summed E-state index contributed by atoms with van der Waals surface area (Å²) in [5.41, 5.74) is 0.651. The lowest BCUT2D eigenvalue weighted by atomic mass is 9.85. The lowest BCUT2D eigenvalue weighted by Gasteiger charge is -2.47. The third-order valence-corrected chi connectivity index (χ3v) is 32.0. The molecule has 0 spiro atoms. The molecule has 11 heteroatoms. The summed E-state index contributed by atoms with van der Waals surface area (Å²) in [5.74, 6) is 3.76. The third kappa shape index (κ3) is 9.33. The van der Waals surface area contributed by atoms with E-state index in [2.05, 4.69) is 33.5 Å². The first-order valence-electron chi connectivity index (χ1n) is 21.6. The van der Waals surface area contributed by atoms with E-state index in [1.54, 1.807) is 0 Å². The lowest BCUT2D eigenvalue weighted by Crippen LogP contribution is -2.59. The Bertz CT molecular complexity index is 1170. The van der Waals surface area contributed by atoms with Crippen LogP contribution >= 0.6 is 0 Å². The molecule has 8 fully saturated rings. The van der Waals surface area contributed by atoms with Crippen molar-refractivity contribution in [1.82, 2.24) is 0 Å². The molecule has 4 aliphatic carbocycles. The van der Waals surface area contributed by atoms with E-state index in [4.69, 9.17) is 31.3 Å². The van der Waals surface area contributed by atoms with E-state index in [-0.39, 0.29) is 0 Å². The molecule has 0 aromatic heterocycles. The van der Waals surface area contributed by atoms with Crippen LogP contribution in [0.3, 0.4) is 0 Å². The zero-order chi connectivity index (χ0) is 34.7. The van der Waals surface area contributed by atoms with E-state index in [1.165, 1.54) is 115 Å². The number of rotatable bonds is 19. The van der Waals surface area contributed by atoms with Gasteiger partial charge in [0.25, 0.3) is 0 Å². The highest BCUT2D eigenvalue weighted by atomic mass is 28.5. The number of hydrogen-bond donors (Lipinski definition) is 0. The van der Waals surface area contributed by atoms with Crippen LogP contribution in [0, 0.1) is 29.6 Å². The Balaban J connectivity index is 1.000. The minimum Gasteiger partial charge on any atom is -0.445 e. The van der Waals surface area contributed by atoms with Crippen LogP contribution in [0.1, 0.15) is 123 Å². The summed E-state index contributed by atoms with van der Waals surface area (Å²) in [4.78, 5) is 0. The molecule has 4 saturated carbocycles. The number of ether oxygens (including phenoxy) is 4. The van der Waals surface area contributed by atoms with Crippen molar-refractivity contribution in [3.8, 4) is 0 Å². The molecular formula is C39H72O7Si4. The van der Waals surface area contributed by atoms with Crippen molar-refractivity contribution >= 4 is 35.9 Å². The standard InChI is InChI=1S/C39H72O7Si4/c1-26(2)39(15-10-27-6-11-31-35(22-27)40-31)48(3,19-16-28-7-12-32-36(23-28)41-32)45-50(5,21-18-30-9-14-34-38(25-30)43-34)46-49(4,44-47)20-17-29-8-13-33-37(24-29)42-33/h26-39H,6-25H2,1-5,47H3/t27?,28?,29?,30?,31?,32?,33?,34?,35?,36?,37?,38?,39-,48?,49?,50?/m1/s1. The van der Waals surface area contributed by atoms with Crippen molar-refractivity contribution in [2.45, 2.75) is 215 Å². The molecule has 4 heterocycles. The van der Waals surface area contributed by atoms with Gasteiger partial charge in [0.2, 0.25) is 0 Å². The van der Waals surface area contributed by atoms with Gasteiger partial charge in [0, 0.05) is 0 Å². The predicted molar refractivity (Wildman–Crippen MR) is 208 cm³/mol. The predicted octanol–water partition coefficient (Wildman–Crippen LogP) is 8.28. The summed E-state index contributed by atoms with van der Waals surface area (Å²) in [6, 6.07) is 3.49. The topological polar surface area (TPSA) is 77.8 Å². The van der Waals surface area contributed by atoms with E-state index >= 15 is 0 Å². The van der Waals surface area contributed by atoms with E-state index in [0.717, 1.165) is 46.2 Å². The summed E-state index contributed by atoms with van der Waals surface area (Å²) < 4.78 is 46.3. The molecule has 16 atom stereocenters. The van der Waals surface area contributed by atoms with Gasteiger partial charge < -0.3 is 31.3 Å². The maximum absolute atomic E-state index is 8.11. The molecule has 50 heavy (non-hydrogen) atoms. The van der Waals surface area contributed by atoms with Crippen LogP contribution in [0.4, 0.5) is 0 Å². The SMILES string of the molecule is CC(C)[C@@H](CCC1CCC2OC2C1)[Si](C)(CCC1CCC2OC2C1)O[Si](C)(CCC1CCC2OC2C1)O[Si](C)(CCC1CCC2OC2C1)O[SiH3]. The first-order valence-corrected chi connectivity index (χ1v) is 30.1. The Hall–Kier alpha value is 0.588. The second kappa shape index (κ2) is 15.3. The Labute approximate surface area is 310 Å². The molecule has 4 saturated heterocycles. The van der Waals surface area contributed by atoms with Crippen molar-refractivity contribution in [2.75, 3.05) is 0 Å². The molecule has 0 aromatic carbocycles. The van der Waals surface area contributed by atoms with Crippen LogP contribution in [0.15, 0.2) is 0 Å². The summed E-state index contributed by atoms with van der Waals surface area (Å²) in [5, 5.41) is 0. The molecule has 286 valence electrons. The van der Waals surface area contributed by atoms with E-state index in [0.29, 0.717) is 60.3 Å². The Morgan fingerprint density at radius 1 is 0.520 bits per heavy atom. The maximum Gasteiger partial charge on any atom is 0.315 e. The summed E-state index contributed by atoms with van der Waals surface area (Å²) in [7, 11) is -6.46. The van der Waals surface area contributed by atoms with Gasteiger partial charge in [-0.1, -0.05) is 33.1 Å². The molecule has 8 rings (SSSR count). The Kier molecular flexibility index (Phi) is 11.4. The minimum absolute atomic E-state index is 0.533. The van der Waals surface area contributed by atoms with Gasteiger partial charge >= 0.3 is 17.1 Å². The Morgan fingerprint density at radius 2 is 0.920 bits per heavy atom. The quantitative estimate of drug-likeness (QED) is 0.0968. The zero-order valence-corrected chi connectivity index (χ0v) is 37.6. The fraction of sp³-hybridized carbons (Fsp3) is 1.00. The van der Waals surface area contributed by atoms with Crippen LogP contribution in [0.25, 0.3) is 0 Å². The van der Waals surface area contributed by atoms with Crippen LogP contribution in [0.5, 0.6) is 0 Å². The fourth-order valence-electron chi connectivity index (χ4n) is 11.8. The summed E-state index contributed by atoms with van der Waals surface area (Å²) in [6.45, 7) is 12.6.